The summed E-state index contributed by atoms with van der Waals surface area (Å²) in [7, 11) is 0. The highest BCUT2D eigenvalue weighted by Crippen LogP contribution is 2.18. The summed E-state index contributed by atoms with van der Waals surface area (Å²) in [5.74, 6) is -2.13. The number of amides is 1. The third-order valence-electron chi connectivity index (χ3n) is 3.76. The van der Waals surface area contributed by atoms with Gasteiger partial charge in [0.25, 0.3) is 5.91 Å². The largest absolute Gasteiger partial charge is 0.340 e. The van der Waals surface area contributed by atoms with E-state index in [0.717, 1.165) is 12.1 Å². The van der Waals surface area contributed by atoms with E-state index in [2.05, 4.69) is 15.6 Å². The van der Waals surface area contributed by atoms with Crippen molar-refractivity contribution in [3.8, 4) is 0 Å². The molecule has 0 bridgehead atoms. The van der Waals surface area contributed by atoms with Crippen molar-refractivity contribution in [1.82, 2.24) is 4.98 Å². The molecule has 3 aromatic rings. The normalized spacial score (nSPS) is 10.3. The zero-order chi connectivity index (χ0) is 19.4. The van der Waals surface area contributed by atoms with Gasteiger partial charge in [-0.2, -0.15) is 0 Å². The van der Waals surface area contributed by atoms with Gasteiger partial charge in [-0.1, -0.05) is 0 Å². The van der Waals surface area contributed by atoms with Crippen LogP contribution in [0.1, 0.15) is 27.6 Å². The summed E-state index contributed by atoms with van der Waals surface area (Å²) in [4.78, 5) is 27.8. The van der Waals surface area contributed by atoms with E-state index in [-0.39, 0.29) is 17.0 Å². The third kappa shape index (κ3) is 4.52. The molecule has 27 heavy (non-hydrogen) atoms. The smallest absolute Gasteiger partial charge is 0.255 e. The number of nitrogens with one attached hydrogen (secondary N) is 2. The van der Waals surface area contributed by atoms with Crippen molar-refractivity contribution in [2.45, 2.75) is 6.92 Å². The Bertz CT molecular complexity index is 1000. The standard InChI is InChI=1S/C20H15F2N3O2/c1-12(26)13-2-4-15(5-3-13)24-19-10-14(8-9-23-19)20(27)25-16-6-7-17(21)18(22)11-16/h2-11H,1H3,(H,23,24)(H,25,27). The average molecular weight is 367 g/mol. The van der Waals surface area contributed by atoms with Gasteiger partial charge in [-0.05, 0) is 55.5 Å². The molecule has 2 aromatic carbocycles. The lowest BCUT2D eigenvalue weighted by Gasteiger charge is -2.09. The number of benzene rings is 2. The van der Waals surface area contributed by atoms with Gasteiger partial charge in [0.1, 0.15) is 5.82 Å². The second-order valence-electron chi connectivity index (χ2n) is 5.77. The van der Waals surface area contributed by atoms with Gasteiger partial charge in [0, 0.05) is 34.8 Å². The molecular formula is C20H15F2N3O2. The Hall–Kier alpha value is -3.61. The molecule has 0 aliphatic heterocycles. The molecular weight excluding hydrogens is 352 g/mol. The van der Waals surface area contributed by atoms with Crippen molar-refractivity contribution in [2.24, 2.45) is 0 Å². The van der Waals surface area contributed by atoms with Crippen LogP contribution >= 0.6 is 0 Å². The van der Waals surface area contributed by atoms with Crippen LogP contribution in [0.4, 0.5) is 26.0 Å². The number of nitrogens with zero attached hydrogens (tertiary/aromatic N) is 1. The fourth-order valence-electron chi connectivity index (χ4n) is 2.35. The average Bonchev–Trinajstić information content (AvgIpc) is 2.65. The number of carbonyl (C=O) groups is 2. The number of halogens is 2. The molecule has 3 rings (SSSR count). The van der Waals surface area contributed by atoms with Crippen LogP contribution in [0.15, 0.2) is 60.8 Å². The molecule has 2 N–H and O–H groups in total. The second-order valence-corrected chi connectivity index (χ2v) is 5.77. The SMILES string of the molecule is CC(=O)c1ccc(Nc2cc(C(=O)Nc3ccc(F)c(F)c3)ccn2)cc1. The van der Waals surface area contributed by atoms with Gasteiger partial charge in [-0.15, -0.1) is 0 Å². The number of ketones is 1. The van der Waals surface area contributed by atoms with Gasteiger partial charge in [-0.25, -0.2) is 13.8 Å². The fourth-order valence-corrected chi connectivity index (χ4v) is 2.35. The summed E-state index contributed by atoms with van der Waals surface area (Å²) >= 11 is 0. The van der Waals surface area contributed by atoms with E-state index in [1.165, 1.54) is 31.3 Å². The molecule has 0 unspecified atom stereocenters. The first kappa shape index (κ1) is 18.2. The number of hydrogen-bond acceptors (Lipinski definition) is 4. The van der Waals surface area contributed by atoms with Crippen LogP contribution in [0.3, 0.4) is 0 Å². The number of rotatable bonds is 5. The second kappa shape index (κ2) is 7.74. The van der Waals surface area contributed by atoms with Gasteiger partial charge in [0.2, 0.25) is 0 Å². The highest BCUT2D eigenvalue weighted by molar-refractivity contribution is 6.04. The number of Topliss-reactive ketones (excluding diaryl/α,β-unsaturated/α-hetero) is 1. The first-order chi connectivity index (χ1) is 12.9. The molecule has 0 radical (unpaired) electrons. The zero-order valence-electron chi connectivity index (χ0n) is 14.3. The van der Waals surface area contributed by atoms with Crippen LogP contribution < -0.4 is 10.6 Å². The maximum absolute atomic E-state index is 13.2. The first-order valence-corrected chi connectivity index (χ1v) is 8.03. The molecule has 0 saturated carbocycles. The minimum absolute atomic E-state index is 0.0319. The van der Waals surface area contributed by atoms with Crippen LogP contribution in [0, 0.1) is 11.6 Å². The van der Waals surface area contributed by atoms with E-state index in [1.807, 2.05) is 0 Å². The molecule has 0 aliphatic rings. The Kier molecular flexibility index (Phi) is 5.21. The summed E-state index contributed by atoms with van der Waals surface area (Å²) in [5, 5.41) is 5.53. The van der Waals surface area contributed by atoms with Crippen LogP contribution in [0.5, 0.6) is 0 Å². The van der Waals surface area contributed by atoms with Crippen molar-refractivity contribution < 1.29 is 18.4 Å². The molecule has 1 amide bonds. The van der Waals surface area contributed by atoms with Crippen molar-refractivity contribution >= 4 is 28.9 Å². The maximum atomic E-state index is 13.2. The van der Waals surface area contributed by atoms with Crippen molar-refractivity contribution in [1.29, 1.82) is 0 Å². The van der Waals surface area contributed by atoms with Crippen molar-refractivity contribution in [3.05, 3.63) is 83.6 Å². The maximum Gasteiger partial charge on any atom is 0.255 e. The molecule has 136 valence electrons. The van der Waals surface area contributed by atoms with E-state index in [1.54, 1.807) is 24.3 Å². The van der Waals surface area contributed by atoms with E-state index >= 15 is 0 Å². The summed E-state index contributed by atoms with van der Waals surface area (Å²) in [6.45, 7) is 1.49. The molecule has 0 aliphatic carbocycles. The predicted molar refractivity (Wildman–Crippen MR) is 98.3 cm³/mol. The highest BCUT2D eigenvalue weighted by Gasteiger charge is 2.10. The topological polar surface area (TPSA) is 71.1 Å². The Labute approximate surface area is 154 Å². The predicted octanol–water partition coefficient (Wildman–Crippen LogP) is 4.56. The minimum Gasteiger partial charge on any atom is -0.340 e. The minimum atomic E-state index is -1.04. The Morgan fingerprint density at radius 1 is 0.852 bits per heavy atom. The van der Waals surface area contributed by atoms with Gasteiger partial charge in [0.05, 0.1) is 0 Å². The molecule has 0 fully saturated rings. The molecule has 0 atom stereocenters. The van der Waals surface area contributed by atoms with Crippen LogP contribution in [-0.2, 0) is 0 Å². The van der Waals surface area contributed by atoms with Crippen molar-refractivity contribution in [2.75, 3.05) is 10.6 Å². The molecule has 5 nitrogen and oxygen atoms in total. The van der Waals surface area contributed by atoms with Crippen LogP contribution in [0.2, 0.25) is 0 Å². The third-order valence-corrected chi connectivity index (χ3v) is 3.76. The Morgan fingerprint density at radius 2 is 1.56 bits per heavy atom. The number of anilines is 3. The van der Waals surface area contributed by atoms with E-state index in [9.17, 15) is 18.4 Å². The summed E-state index contributed by atoms with van der Waals surface area (Å²) in [6.07, 6.45) is 1.45. The molecule has 0 saturated heterocycles. The lowest BCUT2D eigenvalue weighted by molar-refractivity contribution is 0.101. The van der Waals surface area contributed by atoms with Crippen molar-refractivity contribution in [3.63, 3.8) is 0 Å². The fraction of sp³-hybridized carbons (Fsp3) is 0.0500. The van der Waals surface area contributed by atoms with E-state index in [0.29, 0.717) is 17.1 Å². The summed E-state index contributed by atoms with van der Waals surface area (Å²) < 4.78 is 26.2. The summed E-state index contributed by atoms with van der Waals surface area (Å²) in [6, 6.07) is 13.0. The lowest BCUT2D eigenvalue weighted by Crippen LogP contribution is -2.12. The quantitative estimate of drug-likeness (QED) is 0.649. The number of pyridine rings is 1. The highest BCUT2D eigenvalue weighted by atomic mass is 19.2. The van der Waals surface area contributed by atoms with E-state index < -0.39 is 17.5 Å². The zero-order valence-corrected chi connectivity index (χ0v) is 14.3. The molecule has 1 heterocycles. The number of aromatic nitrogens is 1. The van der Waals surface area contributed by atoms with Gasteiger partial charge in [0.15, 0.2) is 17.4 Å². The Morgan fingerprint density at radius 3 is 2.22 bits per heavy atom. The number of carbonyl (C=O) groups excluding carboxylic acids is 2. The van der Waals surface area contributed by atoms with Gasteiger partial charge < -0.3 is 10.6 Å². The summed E-state index contributed by atoms with van der Waals surface area (Å²) in [5.41, 5.74) is 1.72. The first-order valence-electron chi connectivity index (χ1n) is 8.03. The van der Waals surface area contributed by atoms with Gasteiger partial charge in [-0.3, -0.25) is 9.59 Å². The van der Waals surface area contributed by atoms with Crippen LogP contribution in [0.25, 0.3) is 0 Å². The van der Waals surface area contributed by atoms with Crippen LogP contribution in [-0.4, -0.2) is 16.7 Å². The van der Waals surface area contributed by atoms with Gasteiger partial charge >= 0.3 is 0 Å². The molecule has 7 heteroatoms. The lowest BCUT2D eigenvalue weighted by atomic mass is 10.1. The van der Waals surface area contributed by atoms with E-state index in [4.69, 9.17) is 0 Å². The number of hydrogen-bond donors (Lipinski definition) is 2. The Balaban J connectivity index is 1.73. The monoisotopic (exact) mass is 367 g/mol. The molecule has 0 spiro atoms. The molecule has 1 aromatic heterocycles.